The number of hydrogen-bond acceptors (Lipinski definition) is 2. The lowest BCUT2D eigenvalue weighted by Gasteiger charge is -2.19. The summed E-state index contributed by atoms with van der Waals surface area (Å²) in [5.41, 5.74) is 3.44. The van der Waals surface area contributed by atoms with Crippen molar-refractivity contribution in [3.05, 3.63) is 34.6 Å². The molecule has 84 valence electrons. The second-order valence-corrected chi connectivity index (χ2v) is 4.69. The van der Waals surface area contributed by atoms with Crippen LogP contribution in [0.1, 0.15) is 26.3 Å². The van der Waals surface area contributed by atoms with Crippen LogP contribution in [0.5, 0.6) is 0 Å². The minimum Gasteiger partial charge on any atom is -0.296 e. The fourth-order valence-electron chi connectivity index (χ4n) is 0.986. The van der Waals surface area contributed by atoms with E-state index < -0.39 is 5.82 Å². The Morgan fingerprint density at radius 1 is 1.40 bits per heavy atom. The molecule has 0 amide bonds. The van der Waals surface area contributed by atoms with E-state index in [0.717, 1.165) is 5.56 Å². The largest absolute Gasteiger partial charge is 0.296 e. The third kappa shape index (κ3) is 4.60. The van der Waals surface area contributed by atoms with E-state index in [1.807, 2.05) is 20.8 Å². The highest BCUT2D eigenvalue weighted by Crippen LogP contribution is 2.16. The lowest BCUT2D eigenvalue weighted by atomic mass is 10.2. The lowest BCUT2D eigenvalue weighted by molar-refractivity contribution is -0.0757. The van der Waals surface area contributed by atoms with E-state index in [9.17, 15) is 4.39 Å². The molecule has 0 radical (unpaired) electrons. The summed E-state index contributed by atoms with van der Waals surface area (Å²) in [4.78, 5) is 5.32. The third-order valence-corrected chi connectivity index (χ3v) is 1.93. The summed E-state index contributed by atoms with van der Waals surface area (Å²) >= 11 is 5.64. The van der Waals surface area contributed by atoms with Crippen LogP contribution < -0.4 is 5.48 Å². The summed E-state index contributed by atoms with van der Waals surface area (Å²) in [5, 5.41) is 0.130. The minimum absolute atomic E-state index is 0.130. The van der Waals surface area contributed by atoms with Crippen LogP contribution in [0.3, 0.4) is 0 Å². The second-order valence-electron chi connectivity index (χ2n) is 4.28. The van der Waals surface area contributed by atoms with Gasteiger partial charge in [-0.15, -0.1) is 0 Å². The van der Waals surface area contributed by atoms with Gasteiger partial charge in [0.1, 0.15) is 5.82 Å². The first kappa shape index (κ1) is 12.4. The molecule has 0 aromatic heterocycles. The fraction of sp³-hybridized carbons (Fsp3) is 0.455. The van der Waals surface area contributed by atoms with E-state index >= 15 is 0 Å². The van der Waals surface area contributed by atoms with Gasteiger partial charge in [0, 0.05) is 6.54 Å². The molecule has 0 heterocycles. The number of hydroxylamine groups is 1. The maximum atomic E-state index is 12.8. The maximum absolute atomic E-state index is 12.8. The zero-order valence-electron chi connectivity index (χ0n) is 9.10. The first-order valence-corrected chi connectivity index (χ1v) is 5.11. The summed E-state index contributed by atoms with van der Waals surface area (Å²) < 4.78 is 12.8. The zero-order valence-corrected chi connectivity index (χ0v) is 9.86. The van der Waals surface area contributed by atoms with Gasteiger partial charge in [-0.3, -0.25) is 4.84 Å². The van der Waals surface area contributed by atoms with E-state index in [0.29, 0.717) is 6.54 Å². The van der Waals surface area contributed by atoms with Gasteiger partial charge in [0.25, 0.3) is 0 Å². The molecule has 0 fully saturated rings. The molecule has 0 aliphatic carbocycles. The Hall–Kier alpha value is -0.640. The number of nitrogens with one attached hydrogen (secondary N) is 1. The Kier molecular flexibility index (Phi) is 4.08. The molecule has 0 saturated carbocycles. The maximum Gasteiger partial charge on any atom is 0.141 e. The summed E-state index contributed by atoms with van der Waals surface area (Å²) in [5.74, 6) is -0.405. The van der Waals surface area contributed by atoms with E-state index in [-0.39, 0.29) is 10.6 Å². The highest BCUT2D eigenvalue weighted by Gasteiger charge is 2.09. The lowest BCUT2D eigenvalue weighted by Crippen LogP contribution is -2.28. The number of halogens is 2. The van der Waals surface area contributed by atoms with Gasteiger partial charge < -0.3 is 0 Å². The molecule has 0 bridgehead atoms. The van der Waals surface area contributed by atoms with Crippen molar-refractivity contribution in [2.24, 2.45) is 0 Å². The molecule has 1 rings (SSSR count). The quantitative estimate of drug-likeness (QED) is 0.806. The monoisotopic (exact) mass is 231 g/mol. The van der Waals surface area contributed by atoms with E-state index in [1.165, 1.54) is 6.07 Å². The molecule has 4 heteroatoms. The van der Waals surface area contributed by atoms with Crippen molar-refractivity contribution >= 4 is 11.6 Å². The molecule has 0 spiro atoms. The predicted octanol–water partition coefficient (Wildman–Crippen LogP) is 3.30. The number of benzene rings is 1. The van der Waals surface area contributed by atoms with Crippen LogP contribution in [0.4, 0.5) is 4.39 Å². The molecule has 0 atom stereocenters. The molecule has 15 heavy (non-hydrogen) atoms. The van der Waals surface area contributed by atoms with Crippen LogP contribution in [0.25, 0.3) is 0 Å². The molecule has 0 saturated heterocycles. The standard InChI is InChI=1S/C11H15ClFNO/c1-11(2,3)15-14-7-8-4-5-10(13)9(12)6-8/h4-6,14H,7H2,1-3H3. The molecular formula is C11H15ClFNO. The zero-order chi connectivity index (χ0) is 11.5. The van der Waals surface area contributed by atoms with Crippen molar-refractivity contribution in [3.63, 3.8) is 0 Å². The minimum atomic E-state index is -0.405. The fourth-order valence-corrected chi connectivity index (χ4v) is 1.19. The van der Waals surface area contributed by atoms with Crippen LogP contribution in [-0.2, 0) is 11.4 Å². The van der Waals surface area contributed by atoms with E-state index in [4.69, 9.17) is 16.4 Å². The molecule has 1 N–H and O–H groups in total. The van der Waals surface area contributed by atoms with Crippen molar-refractivity contribution in [2.45, 2.75) is 32.9 Å². The van der Waals surface area contributed by atoms with Crippen LogP contribution in [0.15, 0.2) is 18.2 Å². The summed E-state index contributed by atoms with van der Waals surface area (Å²) in [7, 11) is 0. The topological polar surface area (TPSA) is 21.3 Å². The highest BCUT2D eigenvalue weighted by atomic mass is 35.5. The first-order chi connectivity index (χ1) is 6.88. The second kappa shape index (κ2) is 4.92. The number of hydrogen-bond donors (Lipinski definition) is 1. The summed E-state index contributed by atoms with van der Waals surface area (Å²) in [6.45, 7) is 6.32. The molecule has 2 nitrogen and oxygen atoms in total. The smallest absolute Gasteiger partial charge is 0.141 e. The van der Waals surface area contributed by atoms with Crippen molar-refractivity contribution in [3.8, 4) is 0 Å². The summed E-state index contributed by atoms with van der Waals surface area (Å²) in [6, 6.07) is 4.59. The van der Waals surface area contributed by atoms with Crippen LogP contribution in [0, 0.1) is 5.82 Å². The van der Waals surface area contributed by atoms with Gasteiger partial charge in [0.2, 0.25) is 0 Å². The highest BCUT2D eigenvalue weighted by molar-refractivity contribution is 6.30. The predicted molar refractivity (Wildman–Crippen MR) is 59.1 cm³/mol. The Morgan fingerprint density at radius 2 is 2.07 bits per heavy atom. The van der Waals surface area contributed by atoms with Gasteiger partial charge in [0.05, 0.1) is 10.6 Å². The molecular weight excluding hydrogens is 217 g/mol. The van der Waals surface area contributed by atoms with Crippen LogP contribution in [0.2, 0.25) is 5.02 Å². The van der Waals surface area contributed by atoms with Crippen molar-refractivity contribution < 1.29 is 9.23 Å². The van der Waals surface area contributed by atoms with Crippen molar-refractivity contribution in [1.82, 2.24) is 5.48 Å². The third-order valence-electron chi connectivity index (χ3n) is 1.64. The van der Waals surface area contributed by atoms with E-state index in [1.54, 1.807) is 12.1 Å². The molecule has 0 aliphatic rings. The first-order valence-electron chi connectivity index (χ1n) is 4.73. The average molecular weight is 232 g/mol. The normalized spacial score (nSPS) is 11.8. The van der Waals surface area contributed by atoms with Gasteiger partial charge in [0.15, 0.2) is 0 Å². The molecule has 1 aromatic rings. The molecule has 0 aliphatic heterocycles. The van der Waals surface area contributed by atoms with Gasteiger partial charge in [-0.25, -0.2) is 4.39 Å². The van der Waals surface area contributed by atoms with Gasteiger partial charge in [-0.05, 0) is 38.5 Å². The van der Waals surface area contributed by atoms with Crippen LogP contribution in [-0.4, -0.2) is 5.60 Å². The Labute approximate surface area is 94.3 Å². The van der Waals surface area contributed by atoms with Crippen LogP contribution >= 0.6 is 11.6 Å². The van der Waals surface area contributed by atoms with E-state index in [2.05, 4.69) is 5.48 Å². The van der Waals surface area contributed by atoms with Crippen molar-refractivity contribution in [1.29, 1.82) is 0 Å². The van der Waals surface area contributed by atoms with Crippen molar-refractivity contribution in [2.75, 3.05) is 0 Å². The Morgan fingerprint density at radius 3 is 2.60 bits per heavy atom. The Balaban J connectivity index is 2.48. The molecule has 1 aromatic carbocycles. The van der Waals surface area contributed by atoms with Gasteiger partial charge >= 0.3 is 0 Å². The Bertz CT molecular complexity index is 336. The van der Waals surface area contributed by atoms with Gasteiger partial charge in [-0.2, -0.15) is 5.48 Å². The van der Waals surface area contributed by atoms with Gasteiger partial charge in [-0.1, -0.05) is 17.7 Å². The average Bonchev–Trinajstić information content (AvgIpc) is 2.09. The molecule has 0 unspecified atom stereocenters. The number of rotatable bonds is 3. The summed E-state index contributed by atoms with van der Waals surface area (Å²) in [6.07, 6.45) is 0. The SMILES string of the molecule is CC(C)(C)ONCc1ccc(F)c(Cl)c1.